The number of hydrogen-bond donors (Lipinski definition) is 0. The fourth-order valence-corrected chi connectivity index (χ4v) is 3.05. The number of hydrogen-bond acceptors (Lipinski definition) is 3. The molecule has 3 aromatic carbocycles. The highest BCUT2D eigenvalue weighted by molar-refractivity contribution is 5.88. The Bertz CT molecular complexity index is 952. The van der Waals surface area contributed by atoms with Gasteiger partial charge in [-0.2, -0.15) is 0 Å². The van der Waals surface area contributed by atoms with Crippen LogP contribution in [0, 0.1) is 0 Å². The zero-order valence-electron chi connectivity index (χ0n) is 17.0. The van der Waals surface area contributed by atoms with Crippen LogP contribution < -0.4 is 4.74 Å². The average Bonchev–Trinajstić information content (AvgIpc) is 2.75. The van der Waals surface area contributed by atoms with Crippen molar-refractivity contribution in [2.45, 2.75) is 19.8 Å². The highest BCUT2D eigenvalue weighted by Crippen LogP contribution is 2.27. The van der Waals surface area contributed by atoms with Gasteiger partial charge < -0.3 is 9.47 Å². The molecule has 0 atom stereocenters. The summed E-state index contributed by atoms with van der Waals surface area (Å²) in [5.74, 6) is 0.107. The molecule has 0 radical (unpaired) electrons. The SMILES string of the molecule is C=C(C)C(=O)Oc1ccc(-c2ccc(-c3ccc(CCCOC)cc3)cc2)cc1. The van der Waals surface area contributed by atoms with E-state index >= 15 is 0 Å². The molecule has 0 unspecified atom stereocenters. The van der Waals surface area contributed by atoms with Gasteiger partial charge in [0.25, 0.3) is 0 Å². The van der Waals surface area contributed by atoms with Gasteiger partial charge in [-0.3, -0.25) is 0 Å². The molecular formula is C26H26O3. The number of esters is 1. The van der Waals surface area contributed by atoms with Crippen LogP contribution in [-0.4, -0.2) is 19.7 Å². The van der Waals surface area contributed by atoms with Crippen LogP contribution >= 0.6 is 0 Å². The van der Waals surface area contributed by atoms with Crippen LogP contribution in [-0.2, 0) is 16.0 Å². The Labute approximate surface area is 172 Å². The van der Waals surface area contributed by atoms with E-state index in [9.17, 15) is 4.79 Å². The number of benzene rings is 3. The summed E-state index contributed by atoms with van der Waals surface area (Å²) >= 11 is 0. The number of carbonyl (C=O) groups is 1. The van der Waals surface area contributed by atoms with E-state index in [0.717, 1.165) is 30.6 Å². The second-order valence-corrected chi connectivity index (χ2v) is 7.06. The summed E-state index contributed by atoms with van der Waals surface area (Å²) in [5.41, 5.74) is 6.28. The van der Waals surface area contributed by atoms with Gasteiger partial charge in [0.15, 0.2) is 0 Å². The fraction of sp³-hybridized carbons (Fsp3) is 0.192. The van der Waals surface area contributed by atoms with E-state index in [2.05, 4.69) is 55.1 Å². The molecule has 0 N–H and O–H groups in total. The molecule has 3 heteroatoms. The molecule has 0 aromatic heterocycles. The molecule has 0 saturated heterocycles. The van der Waals surface area contributed by atoms with Crippen molar-refractivity contribution < 1.29 is 14.3 Å². The molecule has 148 valence electrons. The van der Waals surface area contributed by atoms with Crippen LogP contribution in [0.5, 0.6) is 5.75 Å². The highest BCUT2D eigenvalue weighted by Gasteiger charge is 2.06. The molecule has 0 spiro atoms. The number of rotatable bonds is 8. The molecular weight excluding hydrogens is 360 g/mol. The van der Waals surface area contributed by atoms with E-state index in [-0.39, 0.29) is 0 Å². The molecule has 29 heavy (non-hydrogen) atoms. The van der Waals surface area contributed by atoms with Crippen molar-refractivity contribution in [3.8, 4) is 28.0 Å². The number of carbonyl (C=O) groups excluding carboxylic acids is 1. The second-order valence-electron chi connectivity index (χ2n) is 7.06. The molecule has 0 aliphatic carbocycles. The lowest BCUT2D eigenvalue weighted by atomic mass is 9.99. The van der Waals surface area contributed by atoms with Crippen molar-refractivity contribution in [3.05, 3.63) is 90.5 Å². The van der Waals surface area contributed by atoms with Gasteiger partial charge in [0, 0.05) is 19.3 Å². The summed E-state index contributed by atoms with van der Waals surface area (Å²) in [6, 6.07) is 24.7. The average molecular weight is 386 g/mol. The van der Waals surface area contributed by atoms with Crippen molar-refractivity contribution in [3.63, 3.8) is 0 Å². The number of ether oxygens (including phenoxy) is 2. The van der Waals surface area contributed by atoms with Crippen molar-refractivity contribution >= 4 is 5.97 Å². The van der Waals surface area contributed by atoms with Crippen LogP contribution in [0.15, 0.2) is 84.9 Å². The van der Waals surface area contributed by atoms with Gasteiger partial charge in [0.05, 0.1) is 0 Å². The first-order chi connectivity index (χ1) is 14.1. The first kappa shape index (κ1) is 20.6. The minimum Gasteiger partial charge on any atom is -0.423 e. The minimum absolute atomic E-state index is 0.382. The summed E-state index contributed by atoms with van der Waals surface area (Å²) in [7, 11) is 1.74. The summed E-state index contributed by atoms with van der Waals surface area (Å²) in [6.45, 7) is 6.02. The maximum Gasteiger partial charge on any atom is 0.338 e. The van der Waals surface area contributed by atoms with Gasteiger partial charge in [-0.15, -0.1) is 0 Å². The van der Waals surface area contributed by atoms with Crippen molar-refractivity contribution in [1.29, 1.82) is 0 Å². The van der Waals surface area contributed by atoms with E-state index in [4.69, 9.17) is 9.47 Å². The maximum absolute atomic E-state index is 11.6. The molecule has 0 bridgehead atoms. The lowest BCUT2D eigenvalue weighted by Gasteiger charge is -2.08. The second kappa shape index (κ2) is 9.85. The van der Waals surface area contributed by atoms with E-state index in [0.29, 0.717) is 11.3 Å². The Morgan fingerprint density at radius 3 is 1.69 bits per heavy atom. The number of aryl methyl sites for hydroxylation is 1. The Morgan fingerprint density at radius 1 is 0.793 bits per heavy atom. The Kier molecular flexibility index (Phi) is 6.99. The summed E-state index contributed by atoms with van der Waals surface area (Å²) in [5, 5.41) is 0. The summed E-state index contributed by atoms with van der Waals surface area (Å²) in [4.78, 5) is 11.6. The molecule has 3 rings (SSSR count). The Balaban J connectivity index is 1.67. The lowest BCUT2D eigenvalue weighted by Crippen LogP contribution is -2.07. The first-order valence-corrected chi connectivity index (χ1v) is 9.73. The van der Waals surface area contributed by atoms with Gasteiger partial charge in [-0.1, -0.05) is 67.2 Å². The molecule has 3 aromatic rings. The van der Waals surface area contributed by atoms with Crippen LogP contribution in [0.3, 0.4) is 0 Å². The van der Waals surface area contributed by atoms with Gasteiger partial charge in [-0.25, -0.2) is 4.79 Å². The van der Waals surface area contributed by atoms with Gasteiger partial charge in [-0.05, 0) is 59.7 Å². The van der Waals surface area contributed by atoms with Crippen LogP contribution in [0.1, 0.15) is 18.9 Å². The molecule has 0 saturated carbocycles. The summed E-state index contributed by atoms with van der Waals surface area (Å²) in [6.07, 6.45) is 2.07. The van der Waals surface area contributed by atoms with Crippen molar-refractivity contribution in [2.75, 3.05) is 13.7 Å². The van der Waals surface area contributed by atoms with Crippen LogP contribution in [0.2, 0.25) is 0 Å². The van der Waals surface area contributed by atoms with E-state index < -0.39 is 5.97 Å². The molecule has 0 aliphatic rings. The van der Waals surface area contributed by atoms with E-state index in [1.54, 1.807) is 26.2 Å². The predicted molar refractivity (Wildman–Crippen MR) is 118 cm³/mol. The zero-order chi connectivity index (χ0) is 20.6. The topological polar surface area (TPSA) is 35.5 Å². The largest absolute Gasteiger partial charge is 0.423 e. The molecule has 0 amide bonds. The normalized spacial score (nSPS) is 10.6. The third-order valence-corrected chi connectivity index (χ3v) is 4.73. The maximum atomic E-state index is 11.6. The van der Waals surface area contributed by atoms with E-state index in [1.165, 1.54) is 16.7 Å². The van der Waals surface area contributed by atoms with E-state index in [1.807, 2.05) is 12.1 Å². The van der Waals surface area contributed by atoms with Crippen LogP contribution in [0.25, 0.3) is 22.3 Å². The molecule has 0 aliphatic heterocycles. The predicted octanol–water partition coefficient (Wildman–Crippen LogP) is 6.08. The molecule has 3 nitrogen and oxygen atoms in total. The van der Waals surface area contributed by atoms with Gasteiger partial charge in [0.1, 0.15) is 5.75 Å². The standard InChI is InChI=1S/C26H26O3/c1-19(2)26(27)29-25-16-14-24(15-17-25)23-12-10-22(11-13-23)21-8-6-20(7-9-21)5-4-18-28-3/h6-17H,1,4-5,18H2,2-3H3. The third-order valence-electron chi connectivity index (χ3n) is 4.73. The van der Waals surface area contributed by atoms with Gasteiger partial charge >= 0.3 is 5.97 Å². The minimum atomic E-state index is -0.410. The lowest BCUT2D eigenvalue weighted by molar-refractivity contribution is -0.130. The molecule has 0 heterocycles. The first-order valence-electron chi connectivity index (χ1n) is 9.73. The Hall–Kier alpha value is -3.17. The molecule has 0 fully saturated rings. The number of methoxy groups -OCH3 is 1. The van der Waals surface area contributed by atoms with Crippen molar-refractivity contribution in [1.82, 2.24) is 0 Å². The monoisotopic (exact) mass is 386 g/mol. The van der Waals surface area contributed by atoms with Gasteiger partial charge in [0.2, 0.25) is 0 Å². The highest BCUT2D eigenvalue weighted by atomic mass is 16.5. The zero-order valence-corrected chi connectivity index (χ0v) is 17.0. The van der Waals surface area contributed by atoms with Crippen LogP contribution in [0.4, 0.5) is 0 Å². The quantitative estimate of drug-likeness (QED) is 0.204. The third kappa shape index (κ3) is 5.66. The summed E-state index contributed by atoms with van der Waals surface area (Å²) < 4.78 is 10.4. The van der Waals surface area contributed by atoms with Crippen molar-refractivity contribution in [2.24, 2.45) is 0 Å². The Morgan fingerprint density at radius 2 is 1.24 bits per heavy atom. The fourth-order valence-electron chi connectivity index (χ4n) is 3.05. The smallest absolute Gasteiger partial charge is 0.338 e.